The Labute approximate surface area is 378 Å². The lowest BCUT2D eigenvalue weighted by molar-refractivity contribution is -0.163. The maximum absolute atomic E-state index is 13.8. The highest BCUT2D eigenvalue weighted by Crippen LogP contribution is 2.35. The van der Waals surface area contributed by atoms with E-state index in [1.54, 1.807) is 16.8 Å². The van der Waals surface area contributed by atoms with Gasteiger partial charge < -0.3 is 20.3 Å². The van der Waals surface area contributed by atoms with Gasteiger partial charge in [0.15, 0.2) is 18.2 Å². The van der Waals surface area contributed by atoms with Crippen molar-refractivity contribution in [1.82, 2.24) is 34.4 Å². The van der Waals surface area contributed by atoms with Gasteiger partial charge in [0, 0.05) is 75.9 Å². The highest BCUT2D eigenvalue weighted by atomic mass is 16.5. The molecule has 9 rings (SSSR count). The zero-order valence-electron chi connectivity index (χ0n) is 37.7. The lowest BCUT2D eigenvalue weighted by Gasteiger charge is -2.37. The molecule has 338 valence electrons. The lowest BCUT2D eigenvalue weighted by Crippen LogP contribution is -2.56. The summed E-state index contributed by atoms with van der Waals surface area (Å²) in [5.41, 5.74) is 8.98. The first kappa shape index (κ1) is 43.6. The number of nitrogens with zero attached hydrogens (tertiary/aromatic N) is 8. The quantitative estimate of drug-likeness (QED) is 0.0935. The molecule has 3 aromatic carbocycles. The number of nitrogens with one attached hydrogen (secondary N) is 2. The third-order valence-electron chi connectivity index (χ3n) is 13.3. The molecule has 0 bridgehead atoms. The Bertz CT molecular complexity index is 2680. The number of anilines is 5. The first-order valence-electron chi connectivity index (χ1n) is 22.7. The Morgan fingerprint density at radius 1 is 0.877 bits per heavy atom. The summed E-state index contributed by atoms with van der Waals surface area (Å²) in [5.74, 6) is -0.807. The van der Waals surface area contributed by atoms with Crippen LogP contribution in [0.4, 0.5) is 28.8 Å². The highest BCUT2D eigenvalue weighted by molar-refractivity contribution is 6.23. The number of carbonyl (C=O) groups is 5. The topological polar surface area (TPSA) is 175 Å². The van der Waals surface area contributed by atoms with Crippen molar-refractivity contribution in [3.63, 3.8) is 0 Å². The number of aryl methyl sites for hydroxylation is 3. The van der Waals surface area contributed by atoms with Crippen molar-refractivity contribution in [2.24, 2.45) is 18.9 Å². The van der Waals surface area contributed by atoms with E-state index in [0.29, 0.717) is 24.2 Å². The molecule has 0 aliphatic carbocycles. The summed E-state index contributed by atoms with van der Waals surface area (Å²) in [6, 6.07) is 16.9. The van der Waals surface area contributed by atoms with Gasteiger partial charge in [-0.2, -0.15) is 10.1 Å². The first-order valence-corrected chi connectivity index (χ1v) is 22.7. The van der Waals surface area contributed by atoms with Gasteiger partial charge in [-0.3, -0.25) is 33.8 Å². The first-order chi connectivity index (χ1) is 31.3. The Hall–Kier alpha value is -6.68. The molecule has 6 heterocycles. The molecule has 2 aromatic heterocycles. The number of ether oxygens (including phenoxy) is 1. The van der Waals surface area contributed by atoms with Gasteiger partial charge in [-0.15, -0.1) is 0 Å². The average Bonchev–Trinajstić information content (AvgIpc) is 3.73. The number of imide groups is 2. The van der Waals surface area contributed by atoms with E-state index in [4.69, 9.17) is 14.8 Å². The van der Waals surface area contributed by atoms with E-state index in [1.807, 2.05) is 39.2 Å². The van der Waals surface area contributed by atoms with Crippen LogP contribution in [0.15, 0.2) is 60.8 Å². The number of benzene rings is 3. The summed E-state index contributed by atoms with van der Waals surface area (Å²) >= 11 is 0. The molecule has 0 spiro atoms. The molecule has 2 saturated heterocycles. The Balaban J connectivity index is 0.786. The second-order valence-corrected chi connectivity index (χ2v) is 18.3. The van der Waals surface area contributed by atoms with Crippen molar-refractivity contribution in [2.75, 3.05) is 48.4 Å². The van der Waals surface area contributed by atoms with Crippen LogP contribution in [0.3, 0.4) is 0 Å². The fourth-order valence-electron chi connectivity index (χ4n) is 9.58. The van der Waals surface area contributed by atoms with Crippen LogP contribution in [0.1, 0.15) is 95.3 Å². The smallest absolute Gasteiger partial charge is 0.307 e. The number of para-hydroxylation sites is 1. The summed E-state index contributed by atoms with van der Waals surface area (Å²) in [4.78, 5) is 82.0. The van der Waals surface area contributed by atoms with Crippen molar-refractivity contribution < 1.29 is 28.7 Å². The van der Waals surface area contributed by atoms with Gasteiger partial charge in [0.05, 0.1) is 16.5 Å². The number of rotatable bonds is 13. The monoisotopic (exact) mass is 880 g/mol. The second-order valence-electron chi connectivity index (χ2n) is 18.3. The predicted octanol–water partition coefficient (Wildman–Crippen LogP) is 6.79. The minimum absolute atomic E-state index is 0.0228. The molecule has 1 unspecified atom stereocenters. The molecule has 2 fully saturated rings. The largest absolute Gasteiger partial charge is 0.444 e. The van der Waals surface area contributed by atoms with Crippen molar-refractivity contribution in [1.29, 1.82) is 0 Å². The molecule has 2 N–H and O–H groups in total. The minimum Gasteiger partial charge on any atom is -0.444 e. The van der Waals surface area contributed by atoms with E-state index in [2.05, 4.69) is 69.6 Å². The highest BCUT2D eigenvalue weighted by Gasteiger charge is 2.47. The Kier molecular flexibility index (Phi) is 12.1. The van der Waals surface area contributed by atoms with Crippen LogP contribution in [0.25, 0.3) is 11.0 Å². The average molecular weight is 881 g/mol. The molecular weight excluding hydrogens is 825 g/mol. The molecule has 5 aromatic rings. The van der Waals surface area contributed by atoms with Gasteiger partial charge in [0.1, 0.15) is 6.04 Å². The van der Waals surface area contributed by atoms with Crippen LogP contribution < -0.4 is 15.5 Å². The SMILES string of the molecule is Cc1cccc(C)c1Nc1nn(C)c2nc(Nc3ccc4c(c3)CN(CC3CCN(c5ccc6c(c5)C(=O)N(C5CCC(=O)N(COC(=O)CCC(C)C)C5=O)C6=O)CC3)CC4)ncc12. The van der Waals surface area contributed by atoms with Crippen molar-refractivity contribution in [3.8, 4) is 0 Å². The summed E-state index contributed by atoms with van der Waals surface area (Å²) in [6.07, 6.45) is 5.52. The number of hydrogen-bond donors (Lipinski definition) is 2. The number of carbonyl (C=O) groups excluding carboxylic acids is 5. The maximum Gasteiger partial charge on any atom is 0.307 e. The fraction of sp³-hybridized carbons (Fsp3) is 0.429. The summed E-state index contributed by atoms with van der Waals surface area (Å²) in [7, 11) is 1.89. The van der Waals surface area contributed by atoms with E-state index in [-0.39, 0.29) is 30.4 Å². The van der Waals surface area contributed by atoms with Crippen molar-refractivity contribution in [3.05, 3.63) is 94.2 Å². The molecule has 0 radical (unpaired) electrons. The maximum atomic E-state index is 13.8. The Morgan fingerprint density at radius 2 is 1.65 bits per heavy atom. The fourth-order valence-corrected chi connectivity index (χ4v) is 9.58. The van der Waals surface area contributed by atoms with E-state index < -0.39 is 42.4 Å². The van der Waals surface area contributed by atoms with Crippen LogP contribution in [0, 0.1) is 25.7 Å². The van der Waals surface area contributed by atoms with Crippen LogP contribution >= 0.6 is 0 Å². The Morgan fingerprint density at radius 3 is 2.42 bits per heavy atom. The summed E-state index contributed by atoms with van der Waals surface area (Å²) < 4.78 is 7.01. The molecule has 16 nitrogen and oxygen atoms in total. The van der Waals surface area contributed by atoms with E-state index in [1.165, 1.54) is 11.1 Å². The standard InChI is InChI=1S/C49H56N10O6/c1-29(2)9-16-42(61)65-28-58-41(60)15-14-40(48(58)64)59-46(62)37-13-12-36(24-38(37)47(59)63)57-21-17-32(18-22-57)26-56-20-19-33-10-11-35(23-34(33)27-56)51-49-50-25-39-44(54-55(5)45(39)53-49)52-43-30(3)7-6-8-31(43)4/h6-8,10-13,23-25,29,32,40H,9,14-22,26-28H2,1-5H3,(H,52,54)(H,50,51,53). The van der Waals surface area contributed by atoms with Crippen LogP contribution in [0.5, 0.6) is 0 Å². The number of likely N-dealkylation sites (tertiary alicyclic amines) is 1. The molecule has 4 amide bonds. The minimum atomic E-state index is -1.15. The molecule has 0 saturated carbocycles. The zero-order valence-corrected chi connectivity index (χ0v) is 37.7. The van der Waals surface area contributed by atoms with Gasteiger partial charge in [0.2, 0.25) is 11.9 Å². The number of aromatic nitrogens is 4. The van der Waals surface area contributed by atoms with Crippen molar-refractivity contribution >= 4 is 69.5 Å². The molecular formula is C49H56N10O6. The van der Waals surface area contributed by atoms with E-state index in [9.17, 15) is 24.0 Å². The lowest BCUT2D eigenvalue weighted by atomic mass is 9.93. The van der Waals surface area contributed by atoms with E-state index in [0.717, 1.165) is 107 Å². The van der Waals surface area contributed by atoms with Crippen LogP contribution in [0.2, 0.25) is 0 Å². The summed E-state index contributed by atoms with van der Waals surface area (Å²) in [5, 5.41) is 12.5. The number of esters is 1. The number of fused-ring (bicyclic) bond motifs is 3. The molecule has 4 aliphatic rings. The van der Waals surface area contributed by atoms with Gasteiger partial charge >= 0.3 is 5.97 Å². The predicted molar refractivity (Wildman–Crippen MR) is 246 cm³/mol. The zero-order chi connectivity index (χ0) is 45.5. The van der Waals surface area contributed by atoms with Gasteiger partial charge in [-0.1, -0.05) is 38.1 Å². The van der Waals surface area contributed by atoms with Gasteiger partial charge in [-0.25, -0.2) is 14.6 Å². The van der Waals surface area contributed by atoms with Gasteiger partial charge in [-0.05, 0) is 110 Å². The molecule has 1 atom stereocenters. The van der Waals surface area contributed by atoms with Crippen LogP contribution in [-0.2, 0) is 39.1 Å². The third-order valence-corrected chi connectivity index (χ3v) is 13.3. The molecule has 4 aliphatic heterocycles. The van der Waals surface area contributed by atoms with Crippen LogP contribution in [-0.4, -0.2) is 103 Å². The molecule has 16 heteroatoms. The number of amides is 4. The third kappa shape index (κ3) is 8.91. The number of hydrogen-bond acceptors (Lipinski definition) is 13. The van der Waals surface area contributed by atoms with Gasteiger partial charge in [0.25, 0.3) is 17.7 Å². The second kappa shape index (κ2) is 18.1. The van der Waals surface area contributed by atoms with Crippen molar-refractivity contribution in [2.45, 2.75) is 85.2 Å². The van der Waals surface area contributed by atoms with E-state index >= 15 is 0 Å². The number of piperidine rings is 2. The normalized spacial score (nSPS) is 18.2. The summed E-state index contributed by atoms with van der Waals surface area (Å²) in [6.45, 7) is 12.1. The molecule has 65 heavy (non-hydrogen) atoms.